The van der Waals surface area contributed by atoms with E-state index < -0.39 is 21.8 Å². The Morgan fingerprint density at radius 2 is 1.87 bits per heavy atom. The molecule has 0 atom stereocenters. The van der Waals surface area contributed by atoms with E-state index in [4.69, 9.17) is 5.73 Å². The summed E-state index contributed by atoms with van der Waals surface area (Å²) in [5.41, 5.74) is 12.1. The summed E-state index contributed by atoms with van der Waals surface area (Å²) in [5.74, 6) is -0.749. The first-order valence-electron chi connectivity index (χ1n) is 9.11. The third kappa shape index (κ3) is 4.46. The van der Waals surface area contributed by atoms with Gasteiger partial charge in [0.2, 0.25) is 21.9 Å². The molecule has 164 valence electrons. The zero-order chi connectivity index (χ0) is 22.9. The molecule has 0 aliphatic heterocycles. The first kappa shape index (κ1) is 22.1. The van der Waals surface area contributed by atoms with Crippen LogP contribution in [-0.4, -0.2) is 58.2 Å². The number of benzene rings is 1. The van der Waals surface area contributed by atoms with Crippen molar-refractivity contribution in [1.82, 2.24) is 34.7 Å². The minimum Gasteiger partial charge on any atom is -0.366 e. The Kier molecular flexibility index (Phi) is 5.90. The van der Waals surface area contributed by atoms with E-state index in [1.54, 1.807) is 13.8 Å². The molecular formula is C18H22N8O4S. The third-order valence-electron chi connectivity index (χ3n) is 4.59. The van der Waals surface area contributed by atoms with Crippen molar-refractivity contribution < 1.29 is 18.0 Å². The summed E-state index contributed by atoms with van der Waals surface area (Å²) in [5, 5.41) is 4.04. The van der Waals surface area contributed by atoms with Crippen LogP contribution in [0, 0.1) is 13.8 Å². The van der Waals surface area contributed by atoms with Crippen molar-refractivity contribution in [3.8, 4) is 0 Å². The molecule has 0 fully saturated rings. The van der Waals surface area contributed by atoms with Crippen LogP contribution in [0.4, 0.5) is 5.95 Å². The zero-order valence-corrected chi connectivity index (χ0v) is 18.2. The normalized spacial score (nSPS) is 11.6. The van der Waals surface area contributed by atoms with Crippen molar-refractivity contribution in [3.63, 3.8) is 0 Å². The number of aryl methyl sites for hydroxylation is 2. The van der Waals surface area contributed by atoms with Crippen LogP contribution in [0.15, 0.2) is 29.2 Å². The minimum absolute atomic E-state index is 0.0331. The van der Waals surface area contributed by atoms with E-state index in [0.717, 1.165) is 4.31 Å². The smallest absolute Gasteiger partial charge is 0.269 e. The van der Waals surface area contributed by atoms with Crippen LogP contribution in [-0.2, 0) is 21.2 Å². The maximum atomic E-state index is 12.4. The van der Waals surface area contributed by atoms with Gasteiger partial charge < -0.3 is 5.73 Å². The highest BCUT2D eigenvalue weighted by Crippen LogP contribution is 2.16. The van der Waals surface area contributed by atoms with Crippen molar-refractivity contribution >= 4 is 33.6 Å². The number of hydrazine groups is 1. The van der Waals surface area contributed by atoms with Crippen molar-refractivity contribution in [2.24, 2.45) is 0 Å². The molecule has 0 aliphatic carbocycles. The molecule has 0 saturated heterocycles. The number of amides is 2. The third-order valence-corrected chi connectivity index (χ3v) is 6.40. The first-order valence-corrected chi connectivity index (χ1v) is 10.5. The van der Waals surface area contributed by atoms with Gasteiger partial charge in [0.25, 0.3) is 11.7 Å². The van der Waals surface area contributed by atoms with Crippen LogP contribution >= 0.6 is 0 Å². The standard InChI is InChI=1S/C18H22N8O4S/c1-10-14(11(2)26-18(20-10)21-17(19)24-26)9-15(27)22-23-16(28)12-6-5-7-13(8-12)31(29,30)25(3)4/h5-8H,9H2,1-4H3,(H2,19,24)(H,22,27)(H,23,28). The fourth-order valence-corrected chi connectivity index (χ4v) is 3.84. The van der Waals surface area contributed by atoms with Crippen molar-refractivity contribution in [1.29, 1.82) is 0 Å². The molecule has 0 saturated carbocycles. The Labute approximate surface area is 178 Å². The van der Waals surface area contributed by atoms with E-state index >= 15 is 0 Å². The van der Waals surface area contributed by atoms with Crippen LogP contribution in [0.3, 0.4) is 0 Å². The molecule has 0 spiro atoms. The molecule has 31 heavy (non-hydrogen) atoms. The number of nitrogens with two attached hydrogens (primary N) is 1. The van der Waals surface area contributed by atoms with Gasteiger partial charge in [0.1, 0.15) is 0 Å². The molecule has 13 heteroatoms. The quantitative estimate of drug-likeness (QED) is 0.445. The van der Waals surface area contributed by atoms with E-state index in [-0.39, 0.29) is 22.8 Å². The van der Waals surface area contributed by atoms with Gasteiger partial charge in [0.05, 0.1) is 11.3 Å². The molecular weight excluding hydrogens is 424 g/mol. The fraction of sp³-hybridized carbons (Fsp3) is 0.278. The van der Waals surface area contributed by atoms with Crippen molar-refractivity contribution in [3.05, 3.63) is 46.8 Å². The summed E-state index contributed by atoms with van der Waals surface area (Å²) >= 11 is 0. The van der Waals surface area contributed by atoms with Gasteiger partial charge in [-0.15, -0.1) is 5.10 Å². The lowest BCUT2D eigenvalue weighted by atomic mass is 10.1. The molecule has 1 aromatic carbocycles. The van der Waals surface area contributed by atoms with E-state index in [1.165, 1.54) is 42.9 Å². The Balaban J connectivity index is 1.71. The molecule has 2 heterocycles. The molecule has 0 aliphatic rings. The molecule has 2 amide bonds. The highest BCUT2D eigenvalue weighted by molar-refractivity contribution is 7.89. The summed E-state index contributed by atoms with van der Waals surface area (Å²) in [7, 11) is -0.904. The van der Waals surface area contributed by atoms with Crippen LogP contribution in [0.1, 0.15) is 27.3 Å². The molecule has 0 radical (unpaired) electrons. The van der Waals surface area contributed by atoms with E-state index in [2.05, 4.69) is 25.9 Å². The van der Waals surface area contributed by atoms with Crippen LogP contribution in [0.2, 0.25) is 0 Å². The van der Waals surface area contributed by atoms with Gasteiger partial charge in [-0.2, -0.15) is 9.50 Å². The van der Waals surface area contributed by atoms with Gasteiger partial charge >= 0.3 is 0 Å². The highest BCUT2D eigenvalue weighted by atomic mass is 32.2. The van der Waals surface area contributed by atoms with Crippen molar-refractivity contribution in [2.45, 2.75) is 25.2 Å². The number of nitrogens with zero attached hydrogens (tertiary/aromatic N) is 5. The molecule has 2 aromatic heterocycles. The second kappa shape index (κ2) is 8.28. The molecule has 0 unspecified atom stereocenters. The zero-order valence-electron chi connectivity index (χ0n) is 17.4. The van der Waals surface area contributed by atoms with Crippen LogP contribution < -0.4 is 16.6 Å². The summed E-state index contributed by atoms with van der Waals surface area (Å²) in [6, 6.07) is 5.51. The van der Waals surface area contributed by atoms with Gasteiger partial charge in [0.15, 0.2) is 0 Å². The number of aromatic nitrogens is 4. The SMILES string of the molecule is Cc1nc2nc(N)nn2c(C)c1CC(=O)NNC(=O)c1cccc(S(=O)(=O)N(C)C)c1. The molecule has 12 nitrogen and oxygen atoms in total. The van der Waals surface area contributed by atoms with E-state index in [9.17, 15) is 18.0 Å². The second-order valence-electron chi connectivity index (χ2n) is 6.94. The number of anilines is 1. The summed E-state index contributed by atoms with van der Waals surface area (Å²) < 4.78 is 27.0. The number of sulfonamides is 1. The number of nitrogen functional groups attached to an aromatic ring is 1. The highest BCUT2D eigenvalue weighted by Gasteiger charge is 2.19. The Bertz CT molecular complexity index is 1280. The number of nitrogens with one attached hydrogen (secondary N) is 2. The van der Waals surface area contributed by atoms with E-state index in [0.29, 0.717) is 22.7 Å². The predicted molar refractivity (Wildman–Crippen MR) is 111 cm³/mol. The Hall–Kier alpha value is -3.58. The first-order chi connectivity index (χ1) is 14.5. The van der Waals surface area contributed by atoms with Gasteiger partial charge in [-0.3, -0.25) is 20.4 Å². The number of carbonyl (C=O) groups is 2. The maximum Gasteiger partial charge on any atom is 0.269 e. The largest absolute Gasteiger partial charge is 0.366 e. The van der Waals surface area contributed by atoms with Gasteiger partial charge in [-0.05, 0) is 32.0 Å². The lowest BCUT2D eigenvalue weighted by molar-refractivity contribution is -0.121. The summed E-state index contributed by atoms with van der Waals surface area (Å²) in [4.78, 5) is 33.0. The lowest BCUT2D eigenvalue weighted by Crippen LogP contribution is -2.42. The number of rotatable bonds is 5. The second-order valence-corrected chi connectivity index (χ2v) is 9.09. The predicted octanol–water partition coefficient (Wildman–Crippen LogP) is -0.423. The van der Waals surface area contributed by atoms with E-state index in [1.807, 2.05) is 0 Å². The average molecular weight is 446 g/mol. The number of hydrogen-bond acceptors (Lipinski definition) is 8. The summed E-state index contributed by atoms with van der Waals surface area (Å²) in [6.45, 7) is 3.49. The fourth-order valence-electron chi connectivity index (χ4n) is 2.89. The van der Waals surface area contributed by atoms with Gasteiger partial charge in [-0.1, -0.05) is 6.07 Å². The van der Waals surface area contributed by atoms with Gasteiger partial charge in [0, 0.05) is 36.6 Å². The number of hydrogen-bond donors (Lipinski definition) is 3. The van der Waals surface area contributed by atoms with Crippen LogP contribution in [0.25, 0.3) is 5.78 Å². The molecule has 3 aromatic rings. The molecule has 3 rings (SSSR count). The number of carbonyl (C=O) groups excluding carboxylic acids is 2. The average Bonchev–Trinajstić information content (AvgIpc) is 3.09. The topological polar surface area (TPSA) is 165 Å². The molecule has 4 N–H and O–H groups in total. The molecule has 0 bridgehead atoms. The van der Waals surface area contributed by atoms with Crippen molar-refractivity contribution in [2.75, 3.05) is 19.8 Å². The maximum absolute atomic E-state index is 12.4. The minimum atomic E-state index is -3.69. The number of fused-ring (bicyclic) bond motifs is 1. The monoisotopic (exact) mass is 446 g/mol. The van der Waals surface area contributed by atoms with Crippen LogP contribution in [0.5, 0.6) is 0 Å². The summed E-state index contributed by atoms with van der Waals surface area (Å²) in [6.07, 6.45) is -0.0737. The lowest BCUT2D eigenvalue weighted by Gasteiger charge is -2.13. The Morgan fingerprint density at radius 1 is 1.16 bits per heavy atom. The Morgan fingerprint density at radius 3 is 2.55 bits per heavy atom. The van der Waals surface area contributed by atoms with Gasteiger partial charge in [-0.25, -0.2) is 17.7 Å².